The molecule has 5 heteroatoms. The normalized spacial score (nSPS) is 23.7. The quantitative estimate of drug-likeness (QED) is 0.796. The van der Waals surface area contributed by atoms with E-state index in [-0.39, 0.29) is 0 Å². The van der Waals surface area contributed by atoms with Gasteiger partial charge in [0, 0.05) is 38.6 Å². The Morgan fingerprint density at radius 2 is 2.12 bits per heavy atom. The average Bonchev–Trinajstić information content (AvgIpc) is 3.27. The predicted molar refractivity (Wildman–Crippen MR) is 101 cm³/mol. The molecule has 0 amide bonds. The van der Waals surface area contributed by atoms with E-state index in [9.17, 15) is 0 Å². The molecular formula is C21H29N3O2. The molecule has 0 radical (unpaired) electrons. The molecule has 140 valence electrons. The summed E-state index contributed by atoms with van der Waals surface area (Å²) < 4.78 is 11.1. The van der Waals surface area contributed by atoms with Crippen LogP contribution in [0.25, 0.3) is 0 Å². The molecule has 0 bridgehead atoms. The van der Waals surface area contributed by atoms with Crippen LogP contribution in [0.2, 0.25) is 0 Å². The van der Waals surface area contributed by atoms with Gasteiger partial charge in [0.1, 0.15) is 5.76 Å². The third-order valence-corrected chi connectivity index (χ3v) is 6.07. The van der Waals surface area contributed by atoms with Crippen molar-refractivity contribution in [3.05, 3.63) is 54.2 Å². The first kappa shape index (κ1) is 17.7. The van der Waals surface area contributed by atoms with Crippen LogP contribution in [0.1, 0.15) is 30.6 Å². The standard InChI is InChI=1S/C21H29N3O2/c1-25-16-19-12-21(17-24(19)14-18-4-2-8-22-13-18)6-9-23(10-7-21)15-20-5-3-11-26-20/h2-5,8,11,13,19H,6-7,9-10,12,14-17H2,1H3/t19-/m1/s1. The van der Waals surface area contributed by atoms with Crippen molar-refractivity contribution >= 4 is 0 Å². The summed E-state index contributed by atoms with van der Waals surface area (Å²) in [4.78, 5) is 9.41. The van der Waals surface area contributed by atoms with Crippen molar-refractivity contribution in [1.29, 1.82) is 0 Å². The number of methoxy groups -OCH3 is 1. The number of hydrogen-bond donors (Lipinski definition) is 0. The number of aromatic nitrogens is 1. The fraction of sp³-hybridized carbons (Fsp3) is 0.571. The lowest BCUT2D eigenvalue weighted by Crippen LogP contribution is -2.41. The lowest BCUT2D eigenvalue weighted by Gasteiger charge is -2.39. The van der Waals surface area contributed by atoms with Crippen LogP contribution < -0.4 is 0 Å². The van der Waals surface area contributed by atoms with Crippen molar-refractivity contribution in [1.82, 2.24) is 14.8 Å². The highest BCUT2D eigenvalue weighted by Crippen LogP contribution is 2.44. The predicted octanol–water partition coefficient (Wildman–Crippen LogP) is 3.18. The molecule has 26 heavy (non-hydrogen) atoms. The summed E-state index contributed by atoms with van der Waals surface area (Å²) >= 11 is 0. The van der Waals surface area contributed by atoms with Gasteiger partial charge >= 0.3 is 0 Å². The van der Waals surface area contributed by atoms with Crippen LogP contribution in [0.4, 0.5) is 0 Å². The van der Waals surface area contributed by atoms with Gasteiger partial charge in [-0.15, -0.1) is 0 Å². The van der Waals surface area contributed by atoms with Gasteiger partial charge in [0.2, 0.25) is 0 Å². The van der Waals surface area contributed by atoms with Gasteiger partial charge in [0.15, 0.2) is 0 Å². The Labute approximate surface area is 156 Å². The van der Waals surface area contributed by atoms with Gasteiger partial charge in [-0.3, -0.25) is 14.8 Å². The van der Waals surface area contributed by atoms with Crippen molar-refractivity contribution in [2.45, 2.75) is 38.4 Å². The van der Waals surface area contributed by atoms with Crippen LogP contribution in [0, 0.1) is 5.41 Å². The Hall–Kier alpha value is -1.69. The van der Waals surface area contributed by atoms with Gasteiger partial charge in [-0.2, -0.15) is 0 Å². The molecule has 5 nitrogen and oxygen atoms in total. The van der Waals surface area contributed by atoms with Crippen LogP contribution in [0.3, 0.4) is 0 Å². The number of likely N-dealkylation sites (tertiary alicyclic amines) is 2. The number of nitrogens with zero attached hydrogens (tertiary/aromatic N) is 3. The van der Waals surface area contributed by atoms with E-state index in [1.54, 1.807) is 6.26 Å². The summed E-state index contributed by atoms with van der Waals surface area (Å²) in [5.41, 5.74) is 1.73. The van der Waals surface area contributed by atoms with Gasteiger partial charge in [-0.05, 0) is 61.5 Å². The van der Waals surface area contributed by atoms with E-state index in [0.717, 1.165) is 38.5 Å². The Balaban J connectivity index is 1.38. The number of ether oxygens (including phenoxy) is 1. The first-order valence-electron chi connectivity index (χ1n) is 9.63. The third kappa shape index (κ3) is 4.00. The van der Waals surface area contributed by atoms with Gasteiger partial charge in [0.05, 0.1) is 19.4 Å². The van der Waals surface area contributed by atoms with Crippen LogP contribution in [-0.2, 0) is 17.8 Å². The Morgan fingerprint density at radius 3 is 2.81 bits per heavy atom. The molecule has 0 saturated carbocycles. The maximum Gasteiger partial charge on any atom is 0.117 e. The van der Waals surface area contributed by atoms with E-state index in [0.29, 0.717) is 11.5 Å². The lowest BCUT2D eigenvalue weighted by atomic mass is 9.76. The van der Waals surface area contributed by atoms with Crippen molar-refractivity contribution in [3.63, 3.8) is 0 Å². The van der Waals surface area contributed by atoms with Crippen molar-refractivity contribution in [2.75, 3.05) is 33.4 Å². The number of hydrogen-bond acceptors (Lipinski definition) is 5. The minimum Gasteiger partial charge on any atom is -0.468 e. The first-order chi connectivity index (χ1) is 12.8. The van der Waals surface area contributed by atoms with Crippen LogP contribution >= 0.6 is 0 Å². The molecule has 0 aromatic carbocycles. The molecule has 1 spiro atoms. The Bertz CT molecular complexity index is 666. The molecule has 2 aromatic heterocycles. The SMILES string of the molecule is COC[C@H]1CC2(CCN(Cc3ccco3)CC2)CN1Cc1cccnc1. The molecule has 2 aliphatic rings. The first-order valence-corrected chi connectivity index (χ1v) is 9.63. The second kappa shape index (κ2) is 7.91. The summed E-state index contributed by atoms with van der Waals surface area (Å²) in [6, 6.07) is 8.76. The van der Waals surface area contributed by atoms with E-state index in [2.05, 4.69) is 26.9 Å². The zero-order chi connectivity index (χ0) is 17.8. The van der Waals surface area contributed by atoms with Gasteiger partial charge in [0.25, 0.3) is 0 Å². The maximum absolute atomic E-state index is 5.54. The maximum atomic E-state index is 5.54. The molecule has 2 aromatic rings. The minimum absolute atomic E-state index is 0.436. The van der Waals surface area contributed by atoms with E-state index in [4.69, 9.17) is 9.15 Å². The summed E-state index contributed by atoms with van der Waals surface area (Å²) in [7, 11) is 1.82. The van der Waals surface area contributed by atoms with E-state index < -0.39 is 0 Å². The zero-order valence-corrected chi connectivity index (χ0v) is 15.6. The summed E-state index contributed by atoms with van der Waals surface area (Å²) in [5.74, 6) is 1.07. The minimum atomic E-state index is 0.436. The molecule has 2 saturated heterocycles. The second-order valence-corrected chi connectivity index (χ2v) is 7.94. The number of pyridine rings is 1. The molecule has 0 N–H and O–H groups in total. The molecule has 4 heterocycles. The highest BCUT2D eigenvalue weighted by atomic mass is 16.5. The topological polar surface area (TPSA) is 41.7 Å². The smallest absolute Gasteiger partial charge is 0.117 e. The van der Waals surface area contributed by atoms with Crippen LogP contribution in [0.15, 0.2) is 47.3 Å². The molecule has 0 aliphatic carbocycles. The van der Waals surface area contributed by atoms with Gasteiger partial charge in [-0.1, -0.05) is 6.07 Å². The zero-order valence-electron chi connectivity index (χ0n) is 15.6. The molecular weight excluding hydrogens is 326 g/mol. The molecule has 2 fully saturated rings. The largest absolute Gasteiger partial charge is 0.468 e. The fourth-order valence-electron chi connectivity index (χ4n) is 4.69. The van der Waals surface area contributed by atoms with Crippen molar-refractivity contribution in [2.24, 2.45) is 5.41 Å². The van der Waals surface area contributed by atoms with E-state index in [1.807, 2.05) is 31.6 Å². The number of furan rings is 1. The monoisotopic (exact) mass is 355 g/mol. The summed E-state index contributed by atoms with van der Waals surface area (Å²) in [6.07, 6.45) is 9.37. The summed E-state index contributed by atoms with van der Waals surface area (Å²) in [5, 5.41) is 0. The van der Waals surface area contributed by atoms with Crippen molar-refractivity contribution in [3.8, 4) is 0 Å². The molecule has 2 aliphatic heterocycles. The van der Waals surface area contributed by atoms with E-state index in [1.165, 1.54) is 31.4 Å². The van der Waals surface area contributed by atoms with Crippen LogP contribution in [-0.4, -0.2) is 54.2 Å². The van der Waals surface area contributed by atoms with Gasteiger partial charge < -0.3 is 9.15 Å². The van der Waals surface area contributed by atoms with Gasteiger partial charge in [-0.25, -0.2) is 0 Å². The molecule has 4 rings (SSSR count). The van der Waals surface area contributed by atoms with E-state index >= 15 is 0 Å². The Kier molecular flexibility index (Phi) is 5.38. The number of rotatable bonds is 6. The molecule has 0 unspecified atom stereocenters. The second-order valence-electron chi connectivity index (χ2n) is 7.94. The fourth-order valence-corrected chi connectivity index (χ4v) is 4.69. The highest BCUT2D eigenvalue weighted by molar-refractivity contribution is 5.10. The summed E-state index contributed by atoms with van der Waals surface area (Å²) in [6.45, 7) is 6.20. The third-order valence-electron chi connectivity index (χ3n) is 6.07. The Morgan fingerprint density at radius 1 is 1.23 bits per heavy atom. The lowest BCUT2D eigenvalue weighted by molar-refractivity contribution is 0.0966. The molecule has 1 atom stereocenters. The number of piperidine rings is 1. The van der Waals surface area contributed by atoms with Crippen molar-refractivity contribution < 1.29 is 9.15 Å². The highest BCUT2D eigenvalue weighted by Gasteiger charge is 2.45. The van der Waals surface area contributed by atoms with Crippen LogP contribution in [0.5, 0.6) is 0 Å². The average molecular weight is 355 g/mol.